The second kappa shape index (κ2) is 18.2. The van der Waals surface area contributed by atoms with Gasteiger partial charge in [0.15, 0.2) is 36.3 Å². The van der Waals surface area contributed by atoms with Crippen molar-refractivity contribution in [3.05, 3.63) is 46.0 Å². The maximum Gasteiger partial charge on any atom is 0.416 e. The number of ether oxygens (including phenoxy) is 3. The number of alkyl halides is 6. The molecule has 1 heterocycles. The molecule has 1 aliphatic heterocycles. The van der Waals surface area contributed by atoms with E-state index in [-0.39, 0.29) is 37.6 Å². The third-order valence-electron chi connectivity index (χ3n) is 15.8. The Balaban J connectivity index is 1.98. The Bertz CT molecular complexity index is 1960. The average Bonchev–Trinajstić information content (AvgIpc) is 3.20. The molecule has 9 atom stereocenters. The van der Waals surface area contributed by atoms with Crippen molar-refractivity contribution >= 4 is 42.7 Å². The van der Waals surface area contributed by atoms with Crippen LogP contribution in [0.15, 0.2) is 29.3 Å². The van der Waals surface area contributed by atoms with Crippen LogP contribution in [-0.2, 0) is 49.4 Å². The van der Waals surface area contributed by atoms with Gasteiger partial charge >= 0.3 is 24.3 Å². The molecule has 0 radical (unpaired) electrons. The van der Waals surface area contributed by atoms with Crippen molar-refractivity contribution in [1.29, 1.82) is 0 Å². The average molecular weight is 981 g/mol. The standard InChI is InChI=1S/C46H70F6O10Si3/c1-15-64(16-2,17-3)61-33-24-34-43(26-57-34,59-28(8)53)37-39(58-40(55)29-21-30(45(47,48)49)23-31(22-29)46(50,51)52)44(56)25-32(60-63(12,13)14)27(7)35(41(44,9)10)36(38(54)42(33,37)11)62-65(18-4,19-5)20-6/h21-23,32-34,36-37,39,56H,15-20,24-26H2,1-14H3/t32-,33-,34+,36+,37-,39-,42+,43-,44+/m0/s1. The second-order valence-electron chi connectivity index (χ2n) is 20.5. The van der Waals surface area contributed by atoms with E-state index in [1.807, 2.05) is 68.1 Å². The lowest BCUT2D eigenvalue weighted by Gasteiger charge is -2.68. The van der Waals surface area contributed by atoms with Gasteiger partial charge in [0, 0.05) is 25.2 Å². The van der Waals surface area contributed by atoms with E-state index in [2.05, 4.69) is 0 Å². The molecule has 3 aliphatic carbocycles. The van der Waals surface area contributed by atoms with Crippen molar-refractivity contribution < 1.29 is 73.3 Å². The predicted octanol–water partition coefficient (Wildman–Crippen LogP) is 11.0. The molecule has 0 unspecified atom stereocenters. The van der Waals surface area contributed by atoms with Crippen molar-refractivity contribution in [2.75, 3.05) is 6.61 Å². The molecule has 368 valence electrons. The molecule has 65 heavy (non-hydrogen) atoms. The second-order valence-corrected chi connectivity index (χ2v) is 34.4. The third kappa shape index (κ3) is 9.27. The van der Waals surface area contributed by atoms with Crippen LogP contribution in [0.3, 0.4) is 0 Å². The predicted molar refractivity (Wildman–Crippen MR) is 240 cm³/mol. The van der Waals surface area contributed by atoms with Gasteiger partial charge in [-0.25, -0.2) is 4.79 Å². The van der Waals surface area contributed by atoms with Crippen molar-refractivity contribution in [3.63, 3.8) is 0 Å². The molecule has 2 saturated carbocycles. The van der Waals surface area contributed by atoms with E-state index in [0.29, 0.717) is 47.4 Å². The van der Waals surface area contributed by atoms with Gasteiger partial charge in [-0.05, 0) is 99.1 Å². The first-order chi connectivity index (χ1) is 29.8. The number of carbonyl (C=O) groups is 3. The summed E-state index contributed by atoms with van der Waals surface area (Å²) < 4.78 is 126. The summed E-state index contributed by atoms with van der Waals surface area (Å²) in [5.41, 5.74) is -11.2. The molecule has 1 N–H and O–H groups in total. The van der Waals surface area contributed by atoms with Crippen molar-refractivity contribution in [2.45, 2.75) is 199 Å². The van der Waals surface area contributed by atoms with Gasteiger partial charge in [-0.15, -0.1) is 0 Å². The first kappa shape index (κ1) is 53.6. The Morgan fingerprint density at radius 3 is 1.72 bits per heavy atom. The van der Waals surface area contributed by atoms with Crippen LogP contribution in [0.2, 0.25) is 55.9 Å². The van der Waals surface area contributed by atoms with E-state index >= 15 is 4.79 Å². The summed E-state index contributed by atoms with van der Waals surface area (Å²) in [5, 5.41) is 14.1. The summed E-state index contributed by atoms with van der Waals surface area (Å²) >= 11 is 0. The minimum Gasteiger partial charge on any atom is -0.455 e. The fourth-order valence-corrected chi connectivity index (χ4v) is 18.3. The van der Waals surface area contributed by atoms with Gasteiger partial charge in [-0.1, -0.05) is 55.4 Å². The zero-order valence-electron chi connectivity index (χ0n) is 40.4. The normalized spacial score (nSPS) is 31.9. The summed E-state index contributed by atoms with van der Waals surface area (Å²) in [6.07, 6.45) is -17.1. The van der Waals surface area contributed by atoms with Crippen LogP contribution in [0.25, 0.3) is 0 Å². The molecule has 3 fully saturated rings. The van der Waals surface area contributed by atoms with Gasteiger partial charge in [0.25, 0.3) is 0 Å². The van der Waals surface area contributed by atoms with E-state index in [4.69, 9.17) is 27.5 Å². The molecule has 0 aromatic heterocycles. The van der Waals surface area contributed by atoms with Gasteiger partial charge < -0.3 is 32.6 Å². The highest BCUT2D eigenvalue weighted by molar-refractivity contribution is 6.74. The maximum absolute atomic E-state index is 16.7. The van der Waals surface area contributed by atoms with Crippen LogP contribution in [-0.4, -0.2) is 96.1 Å². The number of rotatable bonds is 15. The summed E-state index contributed by atoms with van der Waals surface area (Å²) in [6.45, 7) is 25.6. The number of hydrogen-bond donors (Lipinski definition) is 1. The minimum atomic E-state index is -5.30. The monoisotopic (exact) mass is 980 g/mol. The summed E-state index contributed by atoms with van der Waals surface area (Å²) in [6, 6.07) is 4.31. The zero-order valence-corrected chi connectivity index (χ0v) is 43.4. The highest BCUT2D eigenvalue weighted by atomic mass is 28.4. The first-order valence-corrected chi connectivity index (χ1v) is 31.5. The van der Waals surface area contributed by atoms with E-state index in [0.717, 1.165) is 6.92 Å². The molecule has 0 amide bonds. The molecule has 19 heteroatoms. The largest absolute Gasteiger partial charge is 0.455 e. The number of esters is 2. The molecule has 5 rings (SSSR count). The molecule has 0 spiro atoms. The summed E-state index contributed by atoms with van der Waals surface area (Å²) in [5.74, 6) is -4.46. The number of fused-ring (bicyclic) bond motifs is 5. The van der Waals surface area contributed by atoms with Gasteiger partial charge in [-0.2, -0.15) is 26.3 Å². The third-order valence-corrected chi connectivity index (χ3v) is 26.0. The molecular weight excluding hydrogens is 911 g/mol. The van der Waals surface area contributed by atoms with Gasteiger partial charge in [0.05, 0.1) is 46.8 Å². The lowest BCUT2D eigenvalue weighted by atomic mass is 9.44. The zero-order chi connectivity index (χ0) is 49.3. The summed E-state index contributed by atoms with van der Waals surface area (Å²) in [4.78, 5) is 44.9. The fraction of sp³-hybridized carbons (Fsp3) is 0.761. The smallest absolute Gasteiger partial charge is 0.416 e. The van der Waals surface area contributed by atoms with Crippen LogP contribution >= 0.6 is 0 Å². The van der Waals surface area contributed by atoms with Crippen molar-refractivity contribution in [3.8, 4) is 0 Å². The van der Waals surface area contributed by atoms with Crippen LogP contribution in [0.4, 0.5) is 26.3 Å². The first-order valence-electron chi connectivity index (χ1n) is 23.1. The number of ketones is 1. The number of hydrogen-bond acceptors (Lipinski definition) is 10. The fourth-order valence-electron chi connectivity index (χ4n) is 11.5. The number of halogens is 6. The van der Waals surface area contributed by atoms with Crippen LogP contribution in [0.5, 0.6) is 0 Å². The molecule has 4 aliphatic rings. The Labute approximate surface area is 383 Å². The molecule has 1 saturated heterocycles. The van der Waals surface area contributed by atoms with E-state index in [1.165, 1.54) is 0 Å². The van der Waals surface area contributed by atoms with Crippen LogP contribution < -0.4 is 0 Å². The molecule has 10 nitrogen and oxygen atoms in total. The van der Waals surface area contributed by atoms with Gasteiger partial charge in [0.1, 0.15) is 23.9 Å². The highest BCUT2D eigenvalue weighted by Crippen LogP contribution is 2.65. The Kier molecular flexibility index (Phi) is 15.0. The van der Waals surface area contributed by atoms with Gasteiger partial charge in [0.2, 0.25) is 0 Å². The Morgan fingerprint density at radius 2 is 1.31 bits per heavy atom. The SMILES string of the molecule is CC[Si](CC)(CC)O[C@H]1C(=O)[C@]2(C)[C@@H](O[Si](CC)(CC)CC)C[C@H]3OC[C@@]3(OC(C)=O)[C@H]2[C@H](OC(=O)c2cc(C(F)(F)F)cc(C(F)(F)F)c2)[C@]2(O)C[C@H](O[Si](C)(C)C)C(C)=C1C2(C)C. The van der Waals surface area contributed by atoms with E-state index in [9.17, 15) is 41.0 Å². The van der Waals surface area contributed by atoms with Crippen molar-refractivity contribution in [2.24, 2.45) is 16.7 Å². The highest BCUT2D eigenvalue weighted by Gasteiger charge is 2.79. The molecule has 1 aromatic carbocycles. The summed E-state index contributed by atoms with van der Waals surface area (Å²) in [7, 11) is -8.02. The quantitative estimate of drug-likeness (QED) is 0.0785. The lowest BCUT2D eigenvalue weighted by molar-refractivity contribution is -0.344. The van der Waals surface area contributed by atoms with E-state index in [1.54, 1.807) is 20.8 Å². The van der Waals surface area contributed by atoms with Crippen LogP contribution in [0, 0.1) is 16.7 Å². The maximum atomic E-state index is 16.7. The number of Topliss-reactive ketones (excluding diaryl/α,β-unsaturated/α-hetero) is 1. The van der Waals surface area contributed by atoms with Crippen molar-refractivity contribution in [1.82, 2.24) is 0 Å². The number of aliphatic hydroxyl groups is 1. The molecular formula is C46H70F6O10Si3. The van der Waals surface area contributed by atoms with E-state index < -0.39 is 130 Å². The number of benzene rings is 1. The minimum absolute atomic E-state index is 0.0375. The molecule has 1 aromatic rings. The number of carbonyl (C=O) groups excluding carboxylic acids is 3. The Morgan fingerprint density at radius 1 is 0.815 bits per heavy atom. The topological polar surface area (TPSA) is 127 Å². The molecule has 2 bridgehead atoms. The Hall–Kier alpha value is -2.40. The van der Waals surface area contributed by atoms with Crippen LogP contribution in [0.1, 0.15) is 110 Å². The van der Waals surface area contributed by atoms with Gasteiger partial charge in [-0.3, -0.25) is 9.59 Å². The lowest BCUT2D eigenvalue weighted by Crippen LogP contribution is -2.82.